The highest BCUT2D eigenvalue weighted by atomic mass is 16.5. The van der Waals surface area contributed by atoms with Crippen molar-refractivity contribution in [3.05, 3.63) is 264 Å². The predicted octanol–water partition coefficient (Wildman–Crippen LogP) is 16.7. The molecule has 2 heterocycles. The highest BCUT2D eigenvalue weighted by Gasteiger charge is 2.52. The summed E-state index contributed by atoms with van der Waals surface area (Å²) in [4.78, 5) is 2.42. The molecule has 3 heteroatoms. The molecule has 2 aliphatic carbocycles. The molecule has 0 fully saturated rings. The van der Waals surface area contributed by atoms with Crippen molar-refractivity contribution < 1.29 is 4.74 Å². The maximum absolute atomic E-state index is 6.97. The van der Waals surface area contributed by atoms with Crippen LogP contribution in [0, 0.1) is 0 Å². The Labute approximate surface area is 390 Å². The van der Waals surface area contributed by atoms with Crippen LogP contribution < -0.4 is 9.64 Å². The summed E-state index contributed by atoms with van der Waals surface area (Å²) < 4.78 is 9.36. The zero-order valence-electron chi connectivity index (χ0n) is 37.2. The van der Waals surface area contributed by atoms with Crippen LogP contribution in [0.2, 0.25) is 0 Å². The average Bonchev–Trinajstić information content (AvgIpc) is 3.96. The Morgan fingerprint density at radius 1 is 0.373 bits per heavy atom. The lowest BCUT2D eigenvalue weighted by molar-refractivity contribution is 0.436. The van der Waals surface area contributed by atoms with Crippen molar-refractivity contribution in [3.63, 3.8) is 0 Å². The number of ether oxygens (including phenoxy) is 1. The lowest BCUT2D eigenvalue weighted by Gasteiger charge is -2.40. The maximum Gasteiger partial charge on any atom is 0.132 e. The van der Waals surface area contributed by atoms with Crippen LogP contribution in [0.15, 0.2) is 231 Å². The van der Waals surface area contributed by atoms with E-state index in [1.165, 1.54) is 77.4 Å². The zero-order valence-corrected chi connectivity index (χ0v) is 37.2. The molecule has 0 amide bonds. The van der Waals surface area contributed by atoms with Gasteiger partial charge >= 0.3 is 0 Å². The van der Waals surface area contributed by atoms with Gasteiger partial charge in [0.25, 0.3) is 0 Å². The Morgan fingerprint density at radius 3 is 1.69 bits per heavy atom. The normalized spacial score (nSPS) is 15.6. The van der Waals surface area contributed by atoms with E-state index in [2.05, 4.69) is 254 Å². The second kappa shape index (κ2) is 14.1. The minimum absolute atomic E-state index is 0.137. The molecular formula is C64H44N2O. The molecule has 10 aromatic carbocycles. The Morgan fingerprint density at radius 2 is 0.925 bits per heavy atom. The molecule has 1 unspecified atom stereocenters. The number of hydrogen-bond acceptors (Lipinski definition) is 2. The molecule has 316 valence electrons. The van der Waals surface area contributed by atoms with Gasteiger partial charge in [-0.3, -0.25) is 0 Å². The highest BCUT2D eigenvalue weighted by Crippen LogP contribution is 2.64. The van der Waals surface area contributed by atoms with Gasteiger partial charge in [-0.05, 0) is 128 Å². The fraction of sp³-hybridized carbons (Fsp3) is 0.0625. The van der Waals surface area contributed by atoms with Crippen molar-refractivity contribution >= 4 is 38.9 Å². The molecule has 1 aromatic heterocycles. The van der Waals surface area contributed by atoms with Crippen molar-refractivity contribution in [2.75, 3.05) is 4.90 Å². The first-order chi connectivity index (χ1) is 33.0. The number of rotatable bonds is 5. The minimum Gasteiger partial charge on any atom is -0.457 e. The molecule has 67 heavy (non-hydrogen) atoms. The van der Waals surface area contributed by atoms with Gasteiger partial charge < -0.3 is 14.2 Å². The maximum atomic E-state index is 6.97. The summed E-state index contributed by atoms with van der Waals surface area (Å²) in [6, 6.07) is 84.8. The molecule has 0 saturated carbocycles. The second-order valence-corrected chi connectivity index (χ2v) is 18.8. The molecule has 1 spiro atoms. The topological polar surface area (TPSA) is 17.4 Å². The van der Waals surface area contributed by atoms with E-state index >= 15 is 0 Å². The van der Waals surface area contributed by atoms with Crippen molar-refractivity contribution in [1.29, 1.82) is 0 Å². The summed E-state index contributed by atoms with van der Waals surface area (Å²) >= 11 is 0. The average molecular weight is 857 g/mol. The molecule has 0 bridgehead atoms. The van der Waals surface area contributed by atoms with Gasteiger partial charge in [0.1, 0.15) is 11.5 Å². The first-order valence-electron chi connectivity index (χ1n) is 23.3. The Bertz CT molecular complexity index is 3770. The zero-order chi connectivity index (χ0) is 44.4. The Kier molecular flexibility index (Phi) is 7.95. The van der Waals surface area contributed by atoms with Crippen molar-refractivity contribution in [2.45, 2.75) is 24.7 Å². The molecule has 11 aromatic rings. The monoisotopic (exact) mass is 856 g/mol. The fourth-order valence-electron chi connectivity index (χ4n) is 12.2. The number of nitrogens with zero attached hydrogens (tertiary/aromatic N) is 2. The number of anilines is 3. The van der Waals surface area contributed by atoms with E-state index < -0.39 is 5.41 Å². The number of fused-ring (bicyclic) bond motifs is 15. The third-order valence-electron chi connectivity index (χ3n) is 15.1. The van der Waals surface area contributed by atoms with Crippen LogP contribution in [-0.4, -0.2) is 4.57 Å². The molecule has 3 nitrogen and oxygen atoms in total. The summed E-state index contributed by atoms with van der Waals surface area (Å²) in [5, 5.41) is 2.53. The van der Waals surface area contributed by atoms with Gasteiger partial charge in [-0.15, -0.1) is 0 Å². The summed E-state index contributed by atoms with van der Waals surface area (Å²) in [6.45, 7) is 4.71. The summed E-state index contributed by atoms with van der Waals surface area (Å²) in [7, 11) is 0. The van der Waals surface area contributed by atoms with Gasteiger partial charge in [-0.1, -0.05) is 172 Å². The molecule has 0 radical (unpaired) electrons. The highest BCUT2D eigenvalue weighted by molar-refractivity contribution is 6.09. The molecule has 0 saturated heterocycles. The van der Waals surface area contributed by atoms with E-state index in [1.54, 1.807) is 0 Å². The first-order valence-corrected chi connectivity index (χ1v) is 23.3. The molecule has 1 atom stereocenters. The Balaban J connectivity index is 0.966. The van der Waals surface area contributed by atoms with Crippen molar-refractivity contribution in [3.8, 4) is 50.6 Å². The van der Waals surface area contributed by atoms with Crippen LogP contribution in [0.5, 0.6) is 11.5 Å². The van der Waals surface area contributed by atoms with Gasteiger partial charge in [0.15, 0.2) is 0 Å². The van der Waals surface area contributed by atoms with Gasteiger partial charge in [0.2, 0.25) is 0 Å². The van der Waals surface area contributed by atoms with Crippen LogP contribution in [0.4, 0.5) is 17.1 Å². The van der Waals surface area contributed by atoms with Crippen LogP contribution in [0.25, 0.3) is 60.9 Å². The fourth-order valence-corrected chi connectivity index (χ4v) is 12.2. The van der Waals surface area contributed by atoms with Crippen LogP contribution in [0.1, 0.15) is 47.2 Å². The summed E-state index contributed by atoms with van der Waals surface area (Å²) in [6.07, 6.45) is 0. The van der Waals surface area contributed by atoms with E-state index in [4.69, 9.17) is 4.74 Å². The Hall–Kier alpha value is -8.40. The number of aromatic nitrogens is 1. The van der Waals surface area contributed by atoms with Crippen LogP contribution in [-0.2, 0) is 10.8 Å². The minimum atomic E-state index is -0.658. The standard InChI is InChI=1S/C64H44N2O/c1-63(2)52-24-10-6-19-47(52)48-37-35-44(39-56(48)63)65(42-17-4-3-5-18-42)45-36-38-61-57(40-45)64(54-26-12-15-30-60(54)67-61)53-25-11-7-22-51(53)62-46(23-16-27-55(62)64)41-31-33-43(34-32-41)66-58-28-13-8-20-49(58)50-21-9-14-29-59(50)66/h3-40H,1-2H3. The second-order valence-electron chi connectivity index (χ2n) is 18.8. The number of para-hydroxylation sites is 4. The SMILES string of the molecule is CC1(C)c2ccccc2-c2ccc(N(c3ccccc3)c3ccc4c(c3)C3(c5ccccc5O4)c4ccccc4-c4c(-c5ccc(-n6c7ccccc7c7ccccc76)cc5)cccc43)cc21. The van der Waals surface area contributed by atoms with Gasteiger partial charge in [0, 0.05) is 50.1 Å². The third-order valence-corrected chi connectivity index (χ3v) is 15.1. The molecule has 3 aliphatic rings. The lowest BCUT2D eigenvalue weighted by atomic mass is 9.66. The van der Waals surface area contributed by atoms with Crippen LogP contribution in [0.3, 0.4) is 0 Å². The molecule has 1 aliphatic heterocycles. The first kappa shape index (κ1) is 37.9. The molecular weight excluding hydrogens is 813 g/mol. The van der Waals surface area contributed by atoms with E-state index in [0.717, 1.165) is 45.4 Å². The van der Waals surface area contributed by atoms with E-state index in [-0.39, 0.29) is 5.41 Å². The molecule has 14 rings (SSSR count). The predicted molar refractivity (Wildman–Crippen MR) is 276 cm³/mol. The van der Waals surface area contributed by atoms with E-state index in [0.29, 0.717) is 0 Å². The van der Waals surface area contributed by atoms with Crippen molar-refractivity contribution in [2.24, 2.45) is 0 Å². The summed E-state index contributed by atoms with van der Waals surface area (Å²) in [5.74, 6) is 1.75. The van der Waals surface area contributed by atoms with E-state index in [9.17, 15) is 0 Å². The lowest BCUT2D eigenvalue weighted by Crippen LogP contribution is -2.32. The van der Waals surface area contributed by atoms with E-state index in [1.807, 2.05) is 0 Å². The number of hydrogen-bond donors (Lipinski definition) is 0. The van der Waals surface area contributed by atoms with Crippen molar-refractivity contribution in [1.82, 2.24) is 4.57 Å². The smallest absolute Gasteiger partial charge is 0.132 e. The number of benzene rings is 10. The van der Waals surface area contributed by atoms with Gasteiger partial charge in [-0.25, -0.2) is 0 Å². The van der Waals surface area contributed by atoms with Crippen LogP contribution >= 0.6 is 0 Å². The molecule has 0 N–H and O–H groups in total. The largest absolute Gasteiger partial charge is 0.457 e. The van der Waals surface area contributed by atoms with Gasteiger partial charge in [-0.2, -0.15) is 0 Å². The summed E-state index contributed by atoms with van der Waals surface area (Å²) in [5.41, 5.74) is 21.1. The third kappa shape index (κ3) is 5.23. The quantitative estimate of drug-likeness (QED) is 0.172. The van der Waals surface area contributed by atoms with Gasteiger partial charge in [0.05, 0.1) is 16.4 Å².